The first-order valence-corrected chi connectivity index (χ1v) is 7.62. The number of nitrogens with zero attached hydrogens (tertiary/aromatic N) is 3. The normalized spacial score (nSPS) is 11.2. The summed E-state index contributed by atoms with van der Waals surface area (Å²) in [4.78, 5) is 27.8. The first-order chi connectivity index (χ1) is 11.3. The SMILES string of the molecule is COC(=O)CC(C)(C)CC(=O)Nc1cccc(-c2ncn(C)n2)c1. The molecule has 0 radical (unpaired) electrons. The second kappa shape index (κ2) is 7.25. The Morgan fingerprint density at radius 2 is 2.04 bits per heavy atom. The van der Waals surface area contributed by atoms with Crippen LogP contribution in [0.25, 0.3) is 11.4 Å². The monoisotopic (exact) mass is 330 g/mol. The molecule has 1 amide bonds. The van der Waals surface area contributed by atoms with E-state index in [1.165, 1.54) is 7.11 Å². The maximum absolute atomic E-state index is 12.3. The van der Waals surface area contributed by atoms with E-state index in [2.05, 4.69) is 20.1 Å². The van der Waals surface area contributed by atoms with Gasteiger partial charge in [0, 0.05) is 24.7 Å². The number of amides is 1. The zero-order chi connectivity index (χ0) is 17.7. The van der Waals surface area contributed by atoms with Crippen LogP contribution in [0.15, 0.2) is 30.6 Å². The van der Waals surface area contributed by atoms with Gasteiger partial charge < -0.3 is 10.1 Å². The summed E-state index contributed by atoms with van der Waals surface area (Å²) in [6.45, 7) is 3.72. The zero-order valence-electron chi connectivity index (χ0n) is 14.4. The van der Waals surface area contributed by atoms with Gasteiger partial charge in [0.15, 0.2) is 5.82 Å². The molecule has 1 aromatic carbocycles. The van der Waals surface area contributed by atoms with Crippen molar-refractivity contribution in [3.05, 3.63) is 30.6 Å². The van der Waals surface area contributed by atoms with E-state index < -0.39 is 5.41 Å². The molecule has 0 unspecified atom stereocenters. The van der Waals surface area contributed by atoms with Gasteiger partial charge in [-0.2, -0.15) is 5.10 Å². The van der Waals surface area contributed by atoms with E-state index in [9.17, 15) is 9.59 Å². The number of carbonyl (C=O) groups is 2. The molecule has 7 heteroatoms. The first kappa shape index (κ1) is 17.7. The van der Waals surface area contributed by atoms with E-state index in [-0.39, 0.29) is 24.7 Å². The van der Waals surface area contributed by atoms with E-state index in [0.29, 0.717) is 11.5 Å². The van der Waals surface area contributed by atoms with E-state index in [1.807, 2.05) is 32.0 Å². The Morgan fingerprint density at radius 3 is 2.67 bits per heavy atom. The molecule has 2 aromatic rings. The third-order valence-electron chi connectivity index (χ3n) is 3.49. The Morgan fingerprint density at radius 1 is 1.29 bits per heavy atom. The lowest BCUT2D eigenvalue weighted by Gasteiger charge is -2.22. The van der Waals surface area contributed by atoms with Crippen LogP contribution in [0.4, 0.5) is 5.69 Å². The largest absolute Gasteiger partial charge is 0.469 e. The maximum atomic E-state index is 12.3. The Bertz CT molecular complexity index is 737. The predicted molar refractivity (Wildman–Crippen MR) is 90.1 cm³/mol. The second-order valence-electron chi connectivity index (χ2n) is 6.46. The summed E-state index contributed by atoms with van der Waals surface area (Å²) >= 11 is 0. The number of hydrogen-bond donors (Lipinski definition) is 1. The zero-order valence-corrected chi connectivity index (χ0v) is 14.4. The number of esters is 1. The van der Waals surface area contributed by atoms with Gasteiger partial charge in [-0.05, 0) is 17.5 Å². The number of rotatable bonds is 6. The van der Waals surface area contributed by atoms with Gasteiger partial charge in [0.05, 0.1) is 13.5 Å². The lowest BCUT2D eigenvalue weighted by atomic mass is 9.85. The number of aryl methyl sites for hydroxylation is 1. The lowest BCUT2D eigenvalue weighted by Crippen LogP contribution is -2.25. The van der Waals surface area contributed by atoms with Gasteiger partial charge in [-0.1, -0.05) is 26.0 Å². The highest BCUT2D eigenvalue weighted by atomic mass is 16.5. The van der Waals surface area contributed by atoms with Crippen molar-refractivity contribution in [3.8, 4) is 11.4 Å². The van der Waals surface area contributed by atoms with Gasteiger partial charge in [0.1, 0.15) is 6.33 Å². The number of hydrogen-bond acceptors (Lipinski definition) is 5. The van der Waals surface area contributed by atoms with Crippen LogP contribution in [0, 0.1) is 5.41 Å². The minimum atomic E-state index is -0.475. The lowest BCUT2D eigenvalue weighted by molar-refractivity contribution is -0.143. The second-order valence-corrected chi connectivity index (χ2v) is 6.46. The quantitative estimate of drug-likeness (QED) is 0.822. The van der Waals surface area contributed by atoms with Crippen LogP contribution in [0.1, 0.15) is 26.7 Å². The fourth-order valence-electron chi connectivity index (χ4n) is 2.37. The minimum absolute atomic E-state index is 0.157. The molecule has 0 aliphatic rings. The Balaban J connectivity index is 2.03. The van der Waals surface area contributed by atoms with Crippen LogP contribution in [-0.2, 0) is 21.4 Å². The average Bonchev–Trinajstić information content (AvgIpc) is 2.92. The summed E-state index contributed by atoms with van der Waals surface area (Å²) in [6.07, 6.45) is 2.03. The average molecular weight is 330 g/mol. The van der Waals surface area contributed by atoms with Crippen LogP contribution >= 0.6 is 0 Å². The summed E-state index contributed by atoms with van der Waals surface area (Å²) in [6, 6.07) is 7.34. The number of nitrogens with one attached hydrogen (secondary N) is 1. The molecule has 0 bridgehead atoms. The smallest absolute Gasteiger partial charge is 0.306 e. The first-order valence-electron chi connectivity index (χ1n) is 7.62. The van der Waals surface area contributed by atoms with Crippen molar-refractivity contribution < 1.29 is 14.3 Å². The maximum Gasteiger partial charge on any atom is 0.306 e. The molecule has 0 aliphatic heterocycles. The summed E-state index contributed by atoms with van der Waals surface area (Å²) < 4.78 is 6.29. The summed E-state index contributed by atoms with van der Waals surface area (Å²) in [7, 11) is 3.14. The molecule has 0 fully saturated rings. The standard InChI is InChI=1S/C17H22N4O3/c1-17(2,10-15(23)24-4)9-14(22)19-13-7-5-6-12(8-13)16-18-11-21(3)20-16/h5-8,11H,9-10H2,1-4H3,(H,19,22). The van der Waals surface area contributed by atoms with E-state index in [1.54, 1.807) is 24.1 Å². The highest BCUT2D eigenvalue weighted by molar-refractivity contribution is 5.92. The molecular weight excluding hydrogens is 308 g/mol. The van der Waals surface area contributed by atoms with Crippen LogP contribution < -0.4 is 5.32 Å². The predicted octanol–water partition coefficient (Wildman–Crippen LogP) is 2.40. The van der Waals surface area contributed by atoms with Crippen molar-refractivity contribution in [3.63, 3.8) is 0 Å². The molecule has 24 heavy (non-hydrogen) atoms. The molecule has 2 rings (SSSR count). The minimum Gasteiger partial charge on any atom is -0.469 e. The molecule has 0 aliphatic carbocycles. The molecule has 0 spiro atoms. The Labute approximate surface area is 141 Å². The fourth-order valence-corrected chi connectivity index (χ4v) is 2.37. The van der Waals surface area contributed by atoms with Gasteiger partial charge in [0.25, 0.3) is 0 Å². The van der Waals surface area contributed by atoms with Crippen molar-refractivity contribution in [2.24, 2.45) is 12.5 Å². The van der Waals surface area contributed by atoms with Crippen molar-refractivity contribution in [2.45, 2.75) is 26.7 Å². The number of carbonyl (C=O) groups excluding carboxylic acids is 2. The van der Waals surface area contributed by atoms with Crippen molar-refractivity contribution >= 4 is 17.6 Å². The highest BCUT2D eigenvalue weighted by Crippen LogP contribution is 2.26. The third kappa shape index (κ3) is 4.91. The molecule has 0 saturated carbocycles. The number of methoxy groups -OCH3 is 1. The molecule has 0 saturated heterocycles. The molecular formula is C17H22N4O3. The number of anilines is 1. The van der Waals surface area contributed by atoms with Crippen LogP contribution in [0.2, 0.25) is 0 Å². The molecule has 128 valence electrons. The molecule has 1 aromatic heterocycles. The molecule has 1 heterocycles. The summed E-state index contributed by atoms with van der Waals surface area (Å²) in [5, 5.41) is 7.10. The van der Waals surface area contributed by atoms with Crippen LogP contribution in [0.3, 0.4) is 0 Å². The summed E-state index contributed by atoms with van der Waals surface area (Å²) in [5.41, 5.74) is 1.01. The molecule has 7 nitrogen and oxygen atoms in total. The Hall–Kier alpha value is -2.70. The van der Waals surface area contributed by atoms with Gasteiger partial charge in [0.2, 0.25) is 5.91 Å². The van der Waals surface area contributed by atoms with Crippen LogP contribution in [0.5, 0.6) is 0 Å². The van der Waals surface area contributed by atoms with Gasteiger partial charge in [-0.25, -0.2) is 4.98 Å². The number of benzene rings is 1. The highest BCUT2D eigenvalue weighted by Gasteiger charge is 2.26. The van der Waals surface area contributed by atoms with Gasteiger partial charge in [-0.3, -0.25) is 14.3 Å². The Kier molecular flexibility index (Phi) is 5.33. The topological polar surface area (TPSA) is 86.1 Å². The van der Waals surface area contributed by atoms with Gasteiger partial charge >= 0.3 is 5.97 Å². The van der Waals surface area contributed by atoms with Gasteiger partial charge in [-0.15, -0.1) is 0 Å². The number of aromatic nitrogens is 3. The van der Waals surface area contributed by atoms with Crippen molar-refractivity contribution in [1.29, 1.82) is 0 Å². The molecule has 1 N–H and O–H groups in total. The van der Waals surface area contributed by atoms with E-state index in [0.717, 1.165) is 5.56 Å². The van der Waals surface area contributed by atoms with E-state index in [4.69, 9.17) is 0 Å². The third-order valence-corrected chi connectivity index (χ3v) is 3.49. The van der Waals surface area contributed by atoms with Crippen LogP contribution in [-0.4, -0.2) is 33.8 Å². The van der Waals surface area contributed by atoms with Crippen molar-refractivity contribution in [1.82, 2.24) is 14.8 Å². The van der Waals surface area contributed by atoms with Crippen molar-refractivity contribution in [2.75, 3.05) is 12.4 Å². The molecule has 0 atom stereocenters. The van der Waals surface area contributed by atoms with E-state index >= 15 is 0 Å². The fraction of sp³-hybridized carbons (Fsp3) is 0.412. The number of ether oxygens (including phenoxy) is 1. The summed E-state index contributed by atoms with van der Waals surface area (Å²) in [5.74, 6) is 0.116.